The van der Waals surface area contributed by atoms with Crippen LogP contribution in [0.4, 0.5) is 11.5 Å². The van der Waals surface area contributed by atoms with Crippen molar-refractivity contribution in [1.82, 2.24) is 9.78 Å². The van der Waals surface area contributed by atoms with Crippen LogP contribution in [-0.4, -0.2) is 50.0 Å². The van der Waals surface area contributed by atoms with Crippen LogP contribution in [0.1, 0.15) is 18.2 Å². The number of aryl methyl sites for hydroxylation is 1. The first-order chi connectivity index (χ1) is 16.4. The molecular formula is C24H26N4O6. The lowest BCUT2D eigenvalue weighted by Crippen LogP contribution is -2.24. The van der Waals surface area contributed by atoms with Crippen LogP contribution in [0.25, 0.3) is 11.1 Å². The van der Waals surface area contributed by atoms with Gasteiger partial charge in [-0.25, -0.2) is 4.68 Å². The zero-order valence-electron chi connectivity index (χ0n) is 19.6. The second-order valence-electron chi connectivity index (χ2n) is 7.65. The highest BCUT2D eigenvalue weighted by molar-refractivity contribution is 6.04. The molecule has 0 saturated carbocycles. The van der Waals surface area contributed by atoms with E-state index >= 15 is 0 Å². The molecule has 3 aromatic rings. The van der Waals surface area contributed by atoms with Crippen molar-refractivity contribution in [2.45, 2.75) is 19.4 Å². The number of fused-ring (bicyclic) bond motifs is 1. The van der Waals surface area contributed by atoms with Crippen molar-refractivity contribution in [2.75, 3.05) is 39.1 Å². The first kappa shape index (κ1) is 23.0. The third-order valence-electron chi connectivity index (χ3n) is 5.66. The van der Waals surface area contributed by atoms with Crippen molar-refractivity contribution in [1.29, 1.82) is 0 Å². The highest BCUT2D eigenvalue weighted by atomic mass is 16.5. The Bertz CT molecular complexity index is 1250. The van der Waals surface area contributed by atoms with E-state index in [1.54, 1.807) is 50.3 Å². The van der Waals surface area contributed by atoms with Gasteiger partial charge in [0, 0.05) is 11.6 Å². The summed E-state index contributed by atoms with van der Waals surface area (Å²) in [5.41, 5.74) is 2.76. The first-order valence-corrected chi connectivity index (χ1v) is 10.5. The molecule has 2 aromatic carbocycles. The number of aromatic nitrogens is 2. The molecule has 0 aliphatic carbocycles. The van der Waals surface area contributed by atoms with Gasteiger partial charge < -0.3 is 29.6 Å². The van der Waals surface area contributed by atoms with Crippen LogP contribution in [-0.2, 0) is 9.59 Å². The minimum absolute atomic E-state index is 0.0967. The van der Waals surface area contributed by atoms with Crippen LogP contribution >= 0.6 is 0 Å². The number of amides is 2. The van der Waals surface area contributed by atoms with Crippen molar-refractivity contribution in [3.63, 3.8) is 0 Å². The van der Waals surface area contributed by atoms with Gasteiger partial charge >= 0.3 is 0 Å². The fraction of sp³-hybridized carbons (Fsp3) is 0.292. The molecule has 2 amide bonds. The standard InChI is InChI=1S/C24H26N4O6/c1-13-22(14-6-9-18(32-3)20(10-14)34-5)23-26-24(30)17(28(23)27-13)12-21(29)25-16-8-7-15(31-2)11-19(16)33-4/h6-11,17H,12H2,1-5H3,(H,25,29)(H,26,30). The van der Waals surface area contributed by atoms with Gasteiger partial charge in [-0.3, -0.25) is 9.59 Å². The number of nitrogens with one attached hydrogen (secondary N) is 2. The smallest absolute Gasteiger partial charge is 0.251 e. The summed E-state index contributed by atoms with van der Waals surface area (Å²) >= 11 is 0. The number of carbonyl (C=O) groups is 2. The maximum atomic E-state index is 12.8. The number of hydrogen-bond donors (Lipinski definition) is 2. The zero-order chi connectivity index (χ0) is 24.4. The molecule has 178 valence electrons. The number of hydrogen-bond acceptors (Lipinski definition) is 7. The minimum atomic E-state index is -0.785. The average Bonchev–Trinajstić information content (AvgIpc) is 3.31. The van der Waals surface area contributed by atoms with E-state index in [1.807, 2.05) is 19.1 Å². The third-order valence-corrected chi connectivity index (χ3v) is 5.66. The summed E-state index contributed by atoms with van der Waals surface area (Å²) in [6, 6.07) is 9.77. The second-order valence-corrected chi connectivity index (χ2v) is 7.65. The van der Waals surface area contributed by atoms with Crippen LogP contribution in [0.3, 0.4) is 0 Å². The molecule has 0 bridgehead atoms. The van der Waals surface area contributed by atoms with Gasteiger partial charge in [0.2, 0.25) is 5.91 Å². The Labute approximate surface area is 196 Å². The van der Waals surface area contributed by atoms with E-state index in [-0.39, 0.29) is 18.2 Å². The number of nitrogens with zero attached hydrogens (tertiary/aromatic N) is 2. The fourth-order valence-electron chi connectivity index (χ4n) is 4.00. The maximum Gasteiger partial charge on any atom is 0.251 e. The predicted octanol–water partition coefficient (Wildman–Crippen LogP) is 3.41. The summed E-state index contributed by atoms with van der Waals surface area (Å²) < 4.78 is 22.8. The van der Waals surface area contributed by atoms with Gasteiger partial charge in [-0.1, -0.05) is 6.07 Å². The summed E-state index contributed by atoms with van der Waals surface area (Å²) in [6.45, 7) is 1.85. The van der Waals surface area contributed by atoms with E-state index in [1.165, 1.54) is 7.11 Å². The normalized spacial score (nSPS) is 14.3. The van der Waals surface area contributed by atoms with Crippen LogP contribution in [0.5, 0.6) is 23.0 Å². The van der Waals surface area contributed by atoms with E-state index in [0.29, 0.717) is 40.2 Å². The van der Waals surface area contributed by atoms with Crippen LogP contribution < -0.4 is 29.6 Å². The molecule has 34 heavy (non-hydrogen) atoms. The van der Waals surface area contributed by atoms with E-state index in [4.69, 9.17) is 18.9 Å². The Hall–Kier alpha value is -4.21. The molecule has 1 aliphatic heterocycles. The first-order valence-electron chi connectivity index (χ1n) is 10.5. The van der Waals surface area contributed by atoms with Gasteiger partial charge in [0.25, 0.3) is 5.91 Å². The third kappa shape index (κ3) is 4.09. The molecule has 10 nitrogen and oxygen atoms in total. The van der Waals surface area contributed by atoms with Gasteiger partial charge in [-0.05, 0) is 36.8 Å². The van der Waals surface area contributed by atoms with Gasteiger partial charge in [0.1, 0.15) is 23.4 Å². The molecule has 0 spiro atoms. The Morgan fingerprint density at radius 2 is 1.74 bits per heavy atom. The second kappa shape index (κ2) is 9.34. The van der Waals surface area contributed by atoms with Crippen molar-refractivity contribution in [3.8, 4) is 34.1 Å². The molecule has 0 radical (unpaired) electrons. The van der Waals surface area contributed by atoms with Crippen LogP contribution in [0, 0.1) is 6.92 Å². The van der Waals surface area contributed by atoms with E-state index < -0.39 is 6.04 Å². The molecule has 1 atom stereocenters. The topological polar surface area (TPSA) is 113 Å². The molecular weight excluding hydrogens is 440 g/mol. The Morgan fingerprint density at radius 3 is 2.41 bits per heavy atom. The number of benzene rings is 2. The molecule has 1 unspecified atom stereocenters. The number of ether oxygens (including phenoxy) is 4. The summed E-state index contributed by atoms with van der Waals surface area (Å²) in [7, 11) is 6.18. The number of rotatable bonds is 8. The lowest BCUT2D eigenvalue weighted by atomic mass is 10.1. The molecule has 2 N–H and O–H groups in total. The molecule has 4 rings (SSSR count). The van der Waals surface area contributed by atoms with Crippen molar-refractivity contribution in [3.05, 3.63) is 42.1 Å². The van der Waals surface area contributed by atoms with Crippen molar-refractivity contribution >= 4 is 23.3 Å². The average molecular weight is 466 g/mol. The van der Waals surface area contributed by atoms with Crippen LogP contribution in [0.2, 0.25) is 0 Å². The zero-order valence-corrected chi connectivity index (χ0v) is 19.6. The van der Waals surface area contributed by atoms with Gasteiger partial charge in [-0.15, -0.1) is 0 Å². The predicted molar refractivity (Wildman–Crippen MR) is 126 cm³/mol. The fourth-order valence-corrected chi connectivity index (χ4v) is 4.00. The molecule has 0 fully saturated rings. The maximum absolute atomic E-state index is 12.8. The summed E-state index contributed by atoms with van der Waals surface area (Å²) in [5, 5.41) is 10.2. The lowest BCUT2D eigenvalue weighted by Gasteiger charge is -2.13. The highest BCUT2D eigenvalue weighted by Crippen LogP contribution is 2.41. The molecule has 2 heterocycles. The summed E-state index contributed by atoms with van der Waals surface area (Å²) in [4.78, 5) is 25.6. The molecule has 0 saturated heterocycles. The van der Waals surface area contributed by atoms with Gasteiger partial charge in [-0.2, -0.15) is 5.10 Å². The number of methoxy groups -OCH3 is 4. The Morgan fingerprint density at radius 1 is 1.00 bits per heavy atom. The van der Waals surface area contributed by atoms with Crippen molar-refractivity contribution in [2.24, 2.45) is 0 Å². The monoisotopic (exact) mass is 466 g/mol. The van der Waals surface area contributed by atoms with E-state index in [9.17, 15) is 9.59 Å². The van der Waals surface area contributed by atoms with E-state index in [2.05, 4.69) is 15.7 Å². The van der Waals surface area contributed by atoms with Gasteiger partial charge in [0.05, 0.1) is 46.2 Å². The van der Waals surface area contributed by atoms with Crippen LogP contribution in [0.15, 0.2) is 36.4 Å². The number of anilines is 2. The van der Waals surface area contributed by atoms with Crippen molar-refractivity contribution < 1.29 is 28.5 Å². The lowest BCUT2D eigenvalue weighted by molar-refractivity contribution is -0.123. The van der Waals surface area contributed by atoms with E-state index in [0.717, 1.165) is 11.1 Å². The summed E-state index contributed by atoms with van der Waals surface area (Å²) in [5.74, 6) is 2.10. The molecule has 1 aliphatic rings. The Balaban J connectivity index is 1.59. The van der Waals surface area contributed by atoms with Gasteiger partial charge in [0.15, 0.2) is 11.5 Å². The molecule has 1 aromatic heterocycles. The Kier molecular flexibility index (Phi) is 6.31. The SMILES string of the molecule is COc1ccc(NC(=O)CC2C(=O)Nc3c(-c4ccc(OC)c(OC)c4)c(C)nn32)c(OC)c1. The quantitative estimate of drug-likeness (QED) is 0.523. The highest BCUT2D eigenvalue weighted by Gasteiger charge is 2.36. The number of carbonyl (C=O) groups excluding carboxylic acids is 2. The molecule has 10 heteroatoms. The minimum Gasteiger partial charge on any atom is -0.497 e. The summed E-state index contributed by atoms with van der Waals surface area (Å²) in [6.07, 6.45) is -0.0967. The largest absolute Gasteiger partial charge is 0.497 e.